The van der Waals surface area contributed by atoms with Gasteiger partial charge in [-0.1, -0.05) is 37.9 Å². The molecule has 0 radical (unpaired) electrons. The molecule has 0 aromatic heterocycles. The molecule has 3 N–H and O–H groups in total. The summed E-state index contributed by atoms with van der Waals surface area (Å²) in [7, 11) is 1.66. The Kier molecular flexibility index (Phi) is 6.25. The van der Waals surface area contributed by atoms with Gasteiger partial charge < -0.3 is 4.74 Å². The highest BCUT2D eigenvalue weighted by Crippen LogP contribution is 2.31. The Balaban J connectivity index is 2.26. The molecule has 2 aromatic carbocycles. The van der Waals surface area contributed by atoms with E-state index in [9.17, 15) is 0 Å². The first-order chi connectivity index (χ1) is 10.0. The van der Waals surface area contributed by atoms with Crippen LogP contribution in [-0.4, -0.2) is 7.11 Å². The van der Waals surface area contributed by atoms with Crippen molar-refractivity contribution in [2.75, 3.05) is 7.11 Å². The fourth-order valence-electron chi connectivity index (χ4n) is 2.11. The summed E-state index contributed by atoms with van der Waals surface area (Å²) in [5.41, 5.74) is 5.16. The molecule has 0 aliphatic carbocycles. The highest BCUT2D eigenvalue weighted by molar-refractivity contribution is 9.11. The van der Waals surface area contributed by atoms with Crippen LogP contribution in [0.2, 0.25) is 0 Å². The minimum Gasteiger partial charge on any atom is -0.496 e. The standard InChI is InChI=1S/C15H15Br3N2O/c1-21-15-5-2-9(6-13(15)18)7-14(20-19)11-8-10(16)3-4-12(11)17/h2-6,8,14,20H,7,19H2,1H3. The lowest BCUT2D eigenvalue weighted by atomic mass is 9.99. The summed E-state index contributed by atoms with van der Waals surface area (Å²) >= 11 is 10.6. The van der Waals surface area contributed by atoms with Crippen LogP contribution in [0.5, 0.6) is 5.75 Å². The van der Waals surface area contributed by atoms with Crippen molar-refractivity contribution < 1.29 is 4.74 Å². The van der Waals surface area contributed by atoms with Crippen LogP contribution in [0, 0.1) is 0 Å². The van der Waals surface area contributed by atoms with E-state index in [4.69, 9.17) is 10.6 Å². The molecule has 0 heterocycles. The van der Waals surface area contributed by atoms with Gasteiger partial charge >= 0.3 is 0 Å². The number of rotatable bonds is 5. The third-order valence-electron chi connectivity index (χ3n) is 3.19. The zero-order valence-electron chi connectivity index (χ0n) is 11.4. The molecule has 0 saturated carbocycles. The molecule has 2 aromatic rings. The second-order valence-electron chi connectivity index (χ2n) is 4.56. The van der Waals surface area contributed by atoms with E-state index in [2.05, 4.69) is 65.3 Å². The minimum atomic E-state index is 0.0113. The molecule has 1 unspecified atom stereocenters. The van der Waals surface area contributed by atoms with E-state index in [1.807, 2.05) is 24.3 Å². The Bertz CT molecular complexity index is 634. The summed E-state index contributed by atoms with van der Waals surface area (Å²) in [5, 5.41) is 0. The number of nitrogens with one attached hydrogen (secondary N) is 1. The van der Waals surface area contributed by atoms with Crippen molar-refractivity contribution in [2.24, 2.45) is 5.84 Å². The third-order valence-corrected chi connectivity index (χ3v) is 5.03. The number of nitrogens with two attached hydrogens (primary N) is 1. The van der Waals surface area contributed by atoms with Gasteiger partial charge in [-0.25, -0.2) is 0 Å². The average molecular weight is 479 g/mol. The van der Waals surface area contributed by atoms with Crippen molar-refractivity contribution in [1.29, 1.82) is 0 Å². The SMILES string of the molecule is COc1ccc(CC(NN)c2cc(Br)ccc2Br)cc1Br. The van der Waals surface area contributed by atoms with Crippen LogP contribution >= 0.6 is 47.8 Å². The van der Waals surface area contributed by atoms with Crippen molar-refractivity contribution in [3.8, 4) is 5.75 Å². The van der Waals surface area contributed by atoms with E-state index in [0.29, 0.717) is 0 Å². The molecular formula is C15H15Br3N2O. The van der Waals surface area contributed by atoms with E-state index >= 15 is 0 Å². The lowest BCUT2D eigenvalue weighted by Crippen LogP contribution is -2.29. The number of hydrogen-bond donors (Lipinski definition) is 2. The maximum atomic E-state index is 5.74. The Morgan fingerprint density at radius 2 is 1.86 bits per heavy atom. The van der Waals surface area contributed by atoms with Crippen molar-refractivity contribution in [3.05, 3.63) is 60.9 Å². The van der Waals surface area contributed by atoms with Crippen molar-refractivity contribution >= 4 is 47.8 Å². The fraction of sp³-hybridized carbons (Fsp3) is 0.200. The highest BCUT2D eigenvalue weighted by Gasteiger charge is 2.15. The van der Waals surface area contributed by atoms with Gasteiger partial charge in [-0.3, -0.25) is 11.3 Å². The summed E-state index contributed by atoms with van der Waals surface area (Å²) in [6.07, 6.45) is 0.772. The molecule has 0 amide bonds. The largest absolute Gasteiger partial charge is 0.496 e. The normalized spacial score (nSPS) is 12.2. The molecular weight excluding hydrogens is 464 g/mol. The number of benzene rings is 2. The molecule has 3 nitrogen and oxygen atoms in total. The number of methoxy groups -OCH3 is 1. The second kappa shape index (κ2) is 7.74. The van der Waals surface area contributed by atoms with Crippen LogP contribution in [-0.2, 0) is 6.42 Å². The molecule has 0 spiro atoms. The molecule has 112 valence electrons. The fourth-order valence-corrected chi connectivity index (χ4v) is 3.60. The quantitative estimate of drug-likeness (QED) is 0.482. The predicted molar refractivity (Wildman–Crippen MR) is 96.3 cm³/mol. The van der Waals surface area contributed by atoms with E-state index in [-0.39, 0.29) is 6.04 Å². The van der Waals surface area contributed by atoms with Gasteiger partial charge in [0.15, 0.2) is 0 Å². The number of hydrazine groups is 1. The molecule has 1 atom stereocenters. The Labute approximate surface area is 149 Å². The second-order valence-corrected chi connectivity index (χ2v) is 7.18. The lowest BCUT2D eigenvalue weighted by molar-refractivity contribution is 0.412. The first-order valence-corrected chi connectivity index (χ1v) is 8.66. The van der Waals surface area contributed by atoms with E-state index in [1.54, 1.807) is 7.11 Å². The summed E-state index contributed by atoms with van der Waals surface area (Å²) < 4.78 is 8.24. The minimum absolute atomic E-state index is 0.0113. The number of hydrogen-bond acceptors (Lipinski definition) is 3. The molecule has 0 aliphatic rings. The van der Waals surface area contributed by atoms with E-state index in [1.165, 1.54) is 0 Å². The highest BCUT2D eigenvalue weighted by atomic mass is 79.9. The van der Waals surface area contributed by atoms with Crippen molar-refractivity contribution in [2.45, 2.75) is 12.5 Å². The van der Waals surface area contributed by atoms with Crippen LogP contribution < -0.4 is 16.0 Å². The maximum absolute atomic E-state index is 5.74. The molecule has 0 bridgehead atoms. The topological polar surface area (TPSA) is 47.3 Å². The van der Waals surface area contributed by atoms with Crippen LogP contribution in [0.15, 0.2) is 49.8 Å². The zero-order valence-corrected chi connectivity index (χ0v) is 16.1. The molecule has 0 saturated heterocycles. The van der Waals surface area contributed by atoms with E-state index < -0.39 is 0 Å². The number of halogens is 3. The summed E-state index contributed by atoms with van der Waals surface area (Å²) in [6.45, 7) is 0. The van der Waals surface area contributed by atoms with Gasteiger partial charge in [-0.05, 0) is 63.8 Å². The maximum Gasteiger partial charge on any atom is 0.133 e. The van der Waals surface area contributed by atoms with Gasteiger partial charge in [0.1, 0.15) is 5.75 Å². The van der Waals surface area contributed by atoms with Gasteiger partial charge in [0.2, 0.25) is 0 Å². The monoisotopic (exact) mass is 476 g/mol. The Hall–Kier alpha value is -0.400. The van der Waals surface area contributed by atoms with Crippen LogP contribution in [0.4, 0.5) is 0 Å². The first-order valence-electron chi connectivity index (χ1n) is 6.28. The molecule has 0 fully saturated rings. The number of ether oxygens (including phenoxy) is 1. The van der Waals surface area contributed by atoms with Crippen molar-refractivity contribution in [1.82, 2.24) is 5.43 Å². The molecule has 0 aliphatic heterocycles. The molecule has 2 rings (SSSR count). The third kappa shape index (κ3) is 4.29. The average Bonchev–Trinajstić information content (AvgIpc) is 2.47. The van der Waals surface area contributed by atoms with Gasteiger partial charge in [0.05, 0.1) is 17.6 Å². The Morgan fingerprint density at radius 3 is 2.48 bits per heavy atom. The smallest absolute Gasteiger partial charge is 0.133 e. The first kappa shape index (κ1) is 17.0. The van der Waals surface area contributed by atoms with Gasteiger partial charge in [-0.2, -0.15) is 0 Å². The molecule has 21 heavy (non-hydrogen) atoms. The Morgan fingerprint density at radius 1 is 1.10 bits per heavy atom. The van der Waals surface area contributed by atoms with Gasteiger partial charge in [-0.15, -0.1) is 0 Å². The van der Waals surface area contributed by atoms with Crippen LogP contribution in [0.3, 0.4) is 0 Å². The summed E-state index contributed by atoms with van der Waals surface area (Å²) in [5.74, 6) is 6.56. The van der Waals surface area contributed by atoms with Gasteiger partial charge in [0, 0.05) is 8.95 Å². The summed E-state index contributed by atoms with van der Waals surface area (Å²) in [6, 6.07) is 12.1. The molecule has 6 heteroatoms. The summed E-state index contributed by atoms with van der Waals surface area (Å²) in [4.78, 5) is 0. The van der Waals surface area contributed by atoms with E-state index in [0.717, 1.165) is 36.7 Å². The predicted octanol–water partition coefficient (Wildman–Crippen LogP) is 4.73. The van der Waals surface area contributed by atoms with Gasteiger partial charge in [0.25, 0.3) is 0 Å². The van der Waals surface area contributed by atoms with Crippen LogP contribution in [0.1, 0.15) is 17.2 Å². The van der Waals surface area contributed by atoms with Crippen molar-refractivity contribution in [3.63, 3.8) is 0 Å². The van der Waals surface area contributed by atoms with Crippen LogP contribution in [0.25, 0.3) is 0 Å². The zero-order chi connectivity index (χ0) is 15.4. The lowest BCUT2D eigenvalue weighted by Gasteiger charge is -2.19.